The molecule has 3 aromatic rings. The Bertz CT molecular complexity index is 1000. The van der Waals surface area contributed by atoms with E-state index in [1.165, 1.54) is 19.3 Å². The number of phenolic OH excluding ortho intramolecular Hbond substituents is 1. The van der Waals surface area contributed by atoms with Gasteiger partial charge in [0.05, 0.1) is 18.7 Å². The lowest BCUT2D eigenvalue weighted by molar-refractivity contribution is 0.122. The Morgan fingerprint density at radius 3 is 2.53 bits per heavy atom. The van der Waals surface area contributed by atoms with Crippen LogP contribution in [0.15, 0.2) is 36.5 Å². The van der Waals surface area contributed by atoms with Crippen LogP contribution in [0.1, 0.15) is 37.7 Å². The monoisotopic (exact) mass is 408 g/mol. The van der Waals surface area contributed by atoms with Crippen LogP contribution in [0.2, 0.25) is 0 Å². The van der Waals surface area contributed by atoms with Crippen LogP contribution in [0.3, 0.4) is 0 Å². The number of nitrogens with zero attached hydrogens (tertiary/aromatic N) is 4. The quantitative estimate of drug-likeness (QED) is 0.683. The first kappa shape index (κ1) is 20.5. The largest absolute Gasteiger partial charge is 0.508 e. The standard InChI is InChI=1S/C20H22N4O3.C3H6/c1-13(12-25)15-10-17-18(21-11-15)20(24-5-7-27-8-6-24)23-19(22-17)14-3-2-4-16(26)9-14;1-2-3-1/h2-4,9-11,13,25-26H,5-8,12H2,1H3;1-3H2. The number of pyridine rings is 1. The van der Waals surface area contributed by atoms with Gasteiger partial charge in [-0.25, -0.2) is 9.97 Å². The molecule has 0 bridgehead atoms. The zero-order valence-electron chi connectivity index (χ0n) is 17.3. The molecule has 1 aromatic carbocycles. The zero-order chi connectivity index (χ0) is 20.9. The van der Waals surface area contributed by atoms with E-state index in [0.29, 0.717) is 19.0 Å². The molecule has 1 aliphatic heterocycles. The van der Waals surface area contributed by atoms with E-state index in [4.69, 9.17) is 14.7 Å². The minimum absolute atomic E-state index is 0.0204. The minimum Gasteiger partial charge on any atom is -0.508 e. The summed E-state index contributed by atoms with van der Waals surface area (Å²) in [6.45, 7) is 4.76. The molecule has 2 N–H and O–H groups in total. The van der Waals surface area contributed by atoms with Crippen LogP contribution in [-0.4, -0.2) is 58.1 Å². The molecule has 1 saturated carbocycles. The third-order valence-corrected chi connectivity index (χ3v) is 5.15. The molecule has 0 radical (unpaired) electrons. The molecule has 3 heterocycles. The van der Waals surface area contributed by atoms with Gasteiger partial charge in [-0.05, 0) is 23.8 Å². The first-order valence-electron chi connectivity index (χ1n) is 10.6. The summed E-state index contributed by atoms with van der Waals surface area (Å²) in [6.07, 6.45) is 6.28. The first-order valence-corrected chi connectivity index (χ1v) is 10.6. The molecule has 1 unspecified atom stereocenters. The zero-order valence-corrected chi connectivity index (χ0v) is 17.3. The lowest BCUT2D eigenvalue weighted by Crippen LogP contribution is -2.37. The van der Waals surface area contributed by atoms with Crippen molar-refractivity contribution >= 4 is 16.9 Å². The van der Waals surface area contributed by atoms with Gasteiger partial charge in [-0.2, -0.15) is 0 Å². The minimum atomic E-state index is -0.0204. The van der Waals surface area contributed by atoms with Gasteiger partial charge >= 0.3 is 0 Å². The van der Waals surface area contributed by atoms with Crippen molar-refractivity contribution in [3.63, 3.8) is 0 Å². The molecule has 30 heavy (non-hydrogen) atoms. The van der Waals surface area contributed by atoms with Crippen LogP contribution in [0.25, 0.3) is 22.4 Å². The molecule has 5 rings (SSSR count). The Kier molecular flexibility index (Phi) is 6.40. The summed E-state index contributed by atoms with van der Waals surface area (Å²) in [4.78, 5) is 16.2. The maximum Gasteiger partial charge on any atom is 0.162 e. The summed E-state index contributed by atoms with van der Waals surface area (Å²) in [7, 11) is 0. The Hall–Kier alpha value is -2.77. The van der Waals surface area contributed by atoms with Crippen LogP contribution in [-0.2, 0) is 4.74 Å². The number of hydrogen-bond donors (Lipinski definition) is 2. The fraction of sp³-hybridized carbons (Fsp3) is 0.435. The van der Waals surface area contributed by atoms with Gasteiger partial charge in [0, 0.05) is 37.4 Å². The molecule has 2 aliphatic rings. The number of aromatic nitrogens is 3. The van der Waals surface area contributed by atoms with Crippen LogP contribution in [0.4, 0.5) is 5.82 Å². The second-order valence-electron chi connectivity index (χ2n) is 7.80. The summed E-state index contributed by atoms with van der Waals surface area (Å²) in [5, 5.41) is 19.3. The topological polar surface area (TPSA) is 91.6 Å². The van der Waals surface area contributed by atoms with Crippen molar-refractivity contribution in [2.45, 2.75) is 32.1 Å². The van der Waals surface area contributed by atoms with Crippen molar-refractivity contribution in [2.75, 3.05) is 37.8 Å². The molecule has 1 aliphatic carbocycles. The van der Waals surface area contributed by atoms with Crippen molar-refractivity contribution in [1.29, 1.82) is 0 Å². The summed E-state index contributed by atoms with van der Waals surface area (Å²) >= 11 is 0. The molecule has 2 fully saturated rings. The third kappa shape index (κ3) is 4.86. The number of fused-ring (bicyclic) bond motifs is 1. The predicted molar refractivity (Wildman–Crippen MR) is 117 cm³/mol. The third-order valence-electron chi connectivity index (χ3n) is 5.15. The van der Waals surface area contributed by atoms with Crippen LogP contribution in [0.5, 0.6) is 5.75 Å². The number of hydrogen-bond acceptors (Lipinski definition) is 7. The van der Waals surface area contributed by atoms with Crippen molar-refractivity contribution in [2.24, 2.45) is 0 Å². The van der Waals surface area contributed by atoms with Gasteiger partial charge in [0.1, 0.15) is 11.3 Å². The van der Waals surface area contributed by atoms with Gasteiger partial charge in [-0.3, -0.25) is 4.98 Å². The second-order valence-corrected chi connectivity index (χ2v) is 7.80. The Morgan fingerprint density at radius 2 is 1.87 bits per heavy atom. The molecule has 7 nitrogen and oxygen atoms in total. The van der Waals surface area contributed by atoms with E-state index in [2.05, 4.69) is 9.88 Å². The van der Waals surface area contributed by atoms with Crippen molar-refractivity contribution in [3.8, 4) is 17.1 Å². The number of phenols is 1. The van der Waals surface area contributed by atoms with Gasteiger partial charge in [0.25, 0.3) is 0 Å². The smallest absolute Gasteiger partial charge is 0.162 e. The fourth-order valence-electron chi connectivity index (χ4n) is 3.16. The summed E-state index contributed by atoms with van der Waals surface area (Å²) < 4.78 is 5.46. The number of ether oxygens (including phenoxy) is 1. The molecule has 7 heteroatoms. The summed E-state index contributed by atoms with van der Waals surface area (Å²) in [5.41, 5.74) is 3.13. The molecule has 158 valence electrons. The maximum atomic E-state index is 9.83. The lowest BCUT2D eigenvalue weighted by Gasteiger charge is -2.28. The highest BCUT2D eigenvalue weighted by molar-refractivity contribution is 5.88. The van der Waals surface area contributed by atoms with E-state index in [0.717, 1.165) is 41.1 Å². The average Bonchev–Trinajstić information content (AvgIpc) is 3.67. The Morgan fingerprint density at radius 1 is 1.10 bits per heavy atom. The van der Waals surface area contributed by atoms with Gasteiger partial charge in [0.2, 0.25) is 0 Å². The number of morpholine rings is 1. The Labute approximate surface area is 176 Å². The number of anilines is 1. The SMILES string of the molecule is C1CC1.CC(CO)c1cnc2c(N3CCOCC3)nc(-c3cccc(O)c3)nc2c1. The van der Waals surface area contributed by atoms with E-state index < -0.39 is 0 Å². The lowest BCUT2D eigenvalue weighted by atomic mass is 10.0. The summed E-state index contributed by atoms with van der Waals surface area (Å²) in [5.74, 6) is 1.46. The number of aromatic hydroxyl groups is 1. The number of aliphatic hydroxyl groups excluding tert-OH is 1. The van der Waals surface area contributed by atoms with Crippen LogP contribution < -0.4 is 4.90 Å². The first-order chi connectivity index (χ1) is 14.7. The highest BCUT2D eigenvalue weighted by atomic mass is 16.5. The number of aliphatic hydroxyl groups is 1. The highest BCUT2D eigenvalue weighted by Gasteiger charge is 2.20. The van der Waals surface area contributed by atoms with Crippen molar-refractivity contribution in [3.05, 3.63) is 42.1 Å². The highest BCUT2D eigenvalue weighted by Crippen LogP contribution is 2.29. The van der Waals surface area contributed by atoms with E-state index in [9.17, 15) is 10.2 Å². The van der Waals surface area contributed by atoms with E-state index >= 15 is 0 Å². The van der Waals surface area contributed by atoms with Crippen LogP contribution >= 0.6 is 0 Å². The van der Waals surface area contributed by atoms with Gasteiger partial charge in [-0.1, -0.05) is 38.3 Å². The molecule has 0 amide bonds. The maximum absolute atomic E-state index is 9.83. The molecule has 2 aromatic heterocycles. The van der Waals surface area contributed by atoms with Crippen molar-refractivity contribution < 1.29 is 14.9 Å². The van der Waals surface area contributed by atoms with E-state index in [1.54, 1.807) is 24.4 Å². The molecule has 1 saturated heterocycles. The normalized spacial score (nSPS) is 16.7. The van der Waals surface area contributed by atoms with E-state index in [-0.39, 0.29) is 18.3 Å². The summed E-state index contributed by atoms with van der Waals surface area (Å²) in [6, 6.07) is 8.88. The number of benzene rings is 1. The fourth-order valence-corrected chi connectivity index (χ4v) is 3.16. The van der Waals surface area contributed by atoms with Crippen molar-refractivity contribution in [1.82, 2.24) is 15.0 Å². The van der Waals surface area contributed by atoms with Crippen LogP contribution in [0, 0.1) is 0 Å². The van der Waals surface area contributed by atoms with Gasteiger partial charge in [-0.15, -0.1) is 0 Å². The second kappa shape index (κ2) is 9.36. The predicted octanol–water partition coefficient (Wildman–Crippen LogP) is 3.50. The van der Waals surface area contributed by atoms with E-state index in [1.807, 2.05) is 19.1 Å². The molecule has 0 spiro atoms. The average molecular weight is 409 g/mol. The molecule has 1 atom stereocenters. The molecular formula is C23H28N4O3. The number of rotatable bonds is 4. The Balaban J connectivity index is 0.000000667. The van der Waals surface area contributed by atoms with Gasteiger partial charge in [0.15, 0.2) is 11.6 Å². The molecular weight excluding hydrogens is 380 g/mol. The van der Waals surface area contributed by atoms with Gasteiger partial charge < -0.3 is 19.8 Å².